The Morgan fingerprint density at radius 1 is 1.13 bits per heavy atom. The van der Waals surface area contributed by atoms with Crippen molar-refractivity contribution in [1.82, 2.24) is 4.90 Å². The zero-order valence-corrected chi connectivity index (χ0v) is 19.3. The second-order valence-electron chi connectivity index (χ2n) is 8.41. The van der Waals surface area contributed by atoms with Crippen LogP contribution in [-0.2, 0) is 22.8 Å². The first-order chi connectivity index (χ1) is 14.8. The molecular formula is C23H27ClFNO4S. The number of halogens is 2. The molecule has 0 bridgehead atoms. The molecule has 0 saturated carbocycles. The van der Waals surface area contributed by atoms with Crippen molar-refractivity contribution in [2.75, 3.05) is 27.3 Å². The van der Waals surface area contributed by atoms with Gasteiger partial charge >= 0.3 is 0 Å². The fourth-order valence-electron chi connectivity index (χ4n) is 4.63. The molecule has 168 valence electrons. The monoisotopic (exact) mass is 467 g/mol. The molecule has 2 aromatic carbocycles. The molecule has 1 saturated heterocycles. The molecule has 0 aliphatic carbocycles. The van der Waals surface area contributed by atoms with Crippen molar-refractivity contribution in [3.8, 4) is 11.5 Å². The average molecular weight is 468 g/mol. The number of piperidine rings is 1. The standard InChI is InChI=1S/C23H27ClFNO4S/c1-29-20-12-17-11-18(31(27,28)22(17)13-21(20)30-2)14-23(25)7-9-26(10-8-23)15-16-5-3-4-6-19(16)24/h3-6,12-13,18H,7-11,14-15H2,1-2H3. The molecule has 5 nitrogen and oxygen atoms in total. The first-order valence-corrected chi connectivity index (χ1v) is 12.3. The number of fused-ring (bicyclic) bond motifs is 1. The van der Waals surface area contributed by atoms with Gasteiger partial charge in [0.2, 0.25) is 0 Å². The van der Waals surface area contributed by atoms with Gasteiger partial charge in [-0.3, -0.25) is 4.90 Å². The van der Waals surface area contributed by atoms with E-state index in [1.165, 1.54) is 20.3 Å². The van der Waals surface area contributed by atoms with Crippen molar-refractivity contribution >= 4 is 21.4 Å². The van der Waals surface area contributed by atoms with Gasteiger partial charge in [-0.2, -0.15) is 0 Å². The zero-order valence-electron chi connectivity index (χ0n) is 17.7. The van der Waals surface area contributed by atoms with E-state index < -0.39 is 20.8 Å². The first-order valence-electron chi connectivity index (χ1n) is 10.4. The minimum atomic E-state index is -3.62. The summed E-state index contributed by atoms with van der Waals surface area (Å²) in [4.78, 5) is 2.40. The maximum Gasteiger partial charge on any atom is 0.182 e. The highest BCUT2D eigenvalue weighted by Crippen LogP contribution is 2.43. The molecule has 0 radical (unpaired) electrons. The number of methoxy groups -OCH3 is 2. The average Bonchev–Trinajstić information content (AvgIpc) is 2.99. The number of rotatable bonds is 6. The van der Waals surface area contributed by atoms with Gasteiger partial charge in [0.05, 0.1) is 24.4 Å². The lowest BCUT2D eigenvalue weighted by molar-refractivity contribution is 0.0471. The van der Waals surface area contributed by atoms with Crippen LogP contribution in [0.5, 0.6) is 11.5 Å². The highest BCUT2D eigenvalue weighted by Gasteiger charge is 2.45. The molecule has 2 heterocycles. The zero-order chi connectivity index (χ0) is 22.2. The lowest BCUT2D eigenvalue weighted by Gasteiger charge is -2.37. The van der Waals surface area contributed by atoms with Crippen LogP contribution in [0.1, 0.15) is 30.4 Å². The lowest BCUT2D eigenvalue weighted by Crippen LogP contribution is -2.43. The molecular weight excluding hydrogens is 441 g/mol. The van der Waals surface area contributed by atoms with Gasteiger partial charge in [0, 0.05) is 30.7 Å². The van der Waals surface area contributed by atoms with Gasteiger partial charge in [0.25, 0.3) is 0 Å². The summed E-state index contributed by atoms with van der Waals surface area (Å²) in [6, 6.07) is 10.9. The van der Waals surface area contributed by atoms with Gasteiger partial charge < -0.3 is 9.47 Å². The van der Waals surface area contributed by atoms with Crippen LogP contribution in [0, 0.1) is 0 Å². The molecule has 8 heteroatoms. The van der Waals surface area contributed by atoms with Crippen molar-refractivity contribution in [1.29, 1.82) is 0 Å². The Bertz CT molecular complexity index is 1070. The lowest BCUT2D eigenvalue weighted by atomic mass is 9.87. The number of alkyl halides is 1. The first kappa shape index (κ1) is 22.4. The largest absolute Gasteiger partial charge is 0.493 e. The van der Waals surface area contributed by atoms with Crippen LogP contribution in [0.25, 0.3) is 0 Å². The maximum absolute atomic E-state index is 15.7. The van der Waals surface area contributed by atoms with Gasteiger partial charge in [0.1, 0.15) is 5.67 Å². The van der Waals surface area contributed by atoms with Gasteiger partial charge in [0.15, 0.2) is 21.3 Å². The van der Waals surface area contributed by atoms with Crippen LogP contribution in [-0.4, -0.2) is 51.5 Å². The third-order valence-electron chi connectivity index (χ3n) is 6.46. The predicted octanol–water partition coefficient (Wildman–Crippen LogP) is 4.45. The smallest absolute Gasteiger partial charge is 0.182 e. The van der Waals surface area contributed by atoms with Crippen molar-refractivity contribution in [3.05, 3.63) is 52.5 Å². The number of likely N-dealkylation sites (tertiary alicyclic amines) is 1. The second-order valence-corrected chi connectivity index (χ2v) is 11.0. The summed E-state index contributed by atoms with van der Waals surface area (Å²) >= 11 is 6.25. The summed E-state index contributed by atoms with van der Waals surface area (Å²) < 4.78 is 52.5. The molecule has 0 aromatic heterocycles. The number of nitrogens with zero attached hydrogens (tertiary/aromatic N) is 1. The topological polar surface area (TPSA) is 55.8 Å². The summed E-state index contributed by atoms with van der Waals surface area (Å²) in [6.45, 7) is 1.81. The minimum Gasteiger partial charge on any atom is -0.493 e. The Balaban J connectivity index is 1.44. The fourth-order valence-corrected chi connectivity index (χ4v) is 6.89. The number of hydrogen-bond donors (Lipinski definition) is 0. The van der Waals surface area contributed by atoms with E-state index >= 15 is 4.39 Å². The van der Waals surface area contributed by atoms with E-state index in [0.29, 0.717) is 61.0 Å². The van der Waals surface area contributed by atoms with Gasteiger partial charge in [-0.15, -0.1) is 0 Å². The summed E-state index contributed by atoms with van der Waals surface area (Å²) in [5.74, 6) is 0.855. The predicted molar refractivity (Wildman–Crippen MR) is 119 cm³/mol. The van der Waals surface area contributed by atoms with E-state index in [1.54, 1.807) is 6.07 Å². The van der Waals surface area contributed by atoms with Crippen LogP contribution >= 0.6 is 11.6 Å². The van der Waals surface area contributed by atoms with E-state index in [9.17, 15) is 8.42 Å². The van der Waals surface area contributed by atoms with Gasteiger partial charge in [-0.25, -0.2) is 12.8 Å². The number of benzene rings is 2. The summed E-state index contributed by atoms with van der Waals surface area (Å²) in [6.07, 6.45) is 0.931. The third kappa shape index (κ3) is 4.41. The maximum atomic E-state index is 15.7. The Hall–Kier alpha value is -1.83. The SMILES string of the molecule is COc1cc2c(cc1OC)S(=O)(=O)C(CC1(F)CCN(Cc3ccccc3Cl)CC1)C2. The Kier molecular flexibility index (Phi) is 6.21. The summed E-state index contributed by atoms with van der Waals surface area (Å²) in [7, 11) is -0.635. The van der Waals surface area contributed by atoms with Crippen LogP contribution in [0.2, 0.25) is 5.02 Å². The van der Waals surface area contributed by atoms with Crippen LogP contribution in [0.4, 0.5) is 4.39 Å². The summed E-state index contributed by atoms with van der Waals surface area (Å²) in [5.41, 5.74) is 0.194. The molecule has 0 amide bonds. The number of ether oxygens (including phenoxy) is 2. The van der Waals surface area contributed by atoms with Crippen molar-refractivity contribution < 1.29 is 22.3 Å². The second kappa shape index (κ2) is 8.60. The molecule has 2 aliphatic heterocycles. The highest BCUT2D eigenvalue weighted by molar-refractivity contribution is 7.92. The Labute approximate surface area is 188 Å². The minimum absolute atomic E-state index is 0.00851. The molecule has 2 aliphatic rings. The normalized spacial score (nSPS) is 22.1. The quantitative estimate of drug-likeness (QED) is 0.628. The molecule has 1 atom stereocenters. The number of sulfone groups is 1. The van der Waals surface area contributed by atoms with E-state index in [2.05, 4.69) is 4.90 Å². The van der Waals surface area contributed by atoms with Gasteiger partial charge in [-0.05, 0) is 48.9 Å². The fraction of sp³-hybridized carbons (Fsp3) is 0.478. The van der Waals surface area contributed by atoms with E-state index in [1.807, 2.05) is 24.3 Å². The molecule has 4 rings (SSSR count). The van der Waals surface area contributed by atoms with Crippen LogP contribution in [0.3, 0.4) is 0 Å². The Morgan fingerprint density at radius 3 is 2.42 bits per heavy atom. The van der Waals surface area contributed by atoms with E-state index in [0.717, 1.165) is 5.56 Å². The summed E-state index contributed by atoms with van der Waals surface area (Å²) in [5, 5.41) is -0.0558. The highest BCUT2D eigenvalue weighted by atomic mass is 35.5. The Morgan fingerprint density at radius 2 is 1.77 bits per heavy atom. The third-order valence-corrected chi connectivity index (χ3v) is 9.03. The van der Waals surface area contributed by atoms with Crippen molar-refractivity contribution in [3.63, 3.8) is 0 Å². The molecule has 1 fully saturated rings. The van der Waals surface area contributed by atoms with E-state index in [4.69, 9.17) is 21.1 Å². The molecule has 0 spiro atoms. The van der Waals surface area contributed by atoms with Crippen LogP contribution < -0.4 is 9.47 Å². The molecule has 31 heavy (non-hydrogen) atoms. The van der Waals surface area contributed by atoms with Crippen molar-refractivity contribution in [2.45, 2.75) is 48.0 Å². The molecule has 2 aromatic rings. The van der Waals surface area contributed by atoms with Gasteiger partial charge in [-0.1, -0.05) is 29.8 Å². The van der Waals surface area contributed by atoms with Crippen molar-refractivity contribution in [2.24, 2.45) is 0 Å². The molecule has 0 N–H and O–H groups in total. The van der Waals surface area contributed by atoms with Crippen LogP contribution in [0.15, 0.2) is 41.3 Å². The molecule has 1 unspecified atom stereocenters. The van der Waals surface area contributed by atoms with E-state index in [-0.39, 0.29) is 11.3 Å². The number of hydrogen-bond acceptors (Lipinski definition) is 5.